The lowest BCUT2D eigenvalue weighted by Crippen LogP contribution is -2.16. The van der Waals surface area contributed by atoms with Crippen LogP contribution in [0.25, 0.3) is 0 Å². The summed E-state index contributed by atoms with van der Waals surface area (Å²) >= 11 is 0. The van der Waals surface area contributed by atoms with Crippen molar-refractivity contribution in [2.24, 2.45) is 0 Å². The third-order valence-corrected chi connectivity index (χ3v) is 3.86. The van der Waals surface area contributed by atoms with E-state index < -0.39 is 17.5 Å². The number of nitrogens with one attached hydrogen (secondary N) is 1. The highest BCUT2D eigenvalue weighted by molar-refractivity contribution is 6.04. The summed E-state index contributed by atoms with van der Waals surface area (Å²) < 4.78 is 28.4. The van der Waals surface area contributed by atoms with Gasteiger partial charge in [-0.3, -0.25) is 4.79 Å². The van der Waals surface area contributed by atoms with Gasteiger partial charge in [-0.2, -0.15) is 0 Å². The Balaban J connectivity index is 0.00000261. The van der Waals surface area contributed by atoms with Crippen molar-refractivity contribution in [2.45, 2.75) is 6.92 Å². The second kappa shape index (κ2) is 7.26. The van der Waals surface area contributed by atoms with Crippen molar-refractivity contribution < 1.29 is 15.0 Å². The van der Waals surface area contributed by atoms with E-state index in [1.807, 2.05) is 13.0 Å². The number of anilines is 3. The van der Waals surface area contributed by atoms with Gasteiger partial charge < -0.3 is 10.2 Å². The van der Waals surface area contributed by atoms with Gasteiger partial charge in [-0.15, -0.1) is 0 Å². The topological polar surface area (TPSA) is 58.1 Å². The van der Waals surface area contributed by atoms with Gasteiger partial charge in [0.25, 0.3) is 5.91 Å². The smallest absolute Gasteiger partial charge is 0.255 e. The highest BCUT2D eigenvalue weighted by atomic mass is 19.1. The van der Waals surface area contributed by atoms with Gasteiger partial charge in [-0.05, 0) is 25.1 Å². The third-order valence-electron chi connectivity index (χ3n) is 3.86. The van der Waals surface area contributed by atoms with Crippen molar-refractivity contribution in [2.75, 3.05) is 17.3 Å². The summed E-state index contributed by atoms with van der Waals surface area (Å²) in [6, 6.07) is 8.88. The van der Waals surface area contributed by atoms with Crippen LogP contribution in [0.3, 0.4) is 0 Å². The Morgan fingerprint density at radius 1 is 1.12 bits per heavy atom. The van der Waals surface area contributed by atoms with Crippen LogP contribution >= 0.6 is 0 Å². The van der Waals surface area contributed by atoms with E-state index >= 15 is 0 Å². The number of rotatable bonds is 4. The number of amides is 1. The van der Waals surface area contributed by atoms with Gasteiger partial charge in [0.15, 0.2) is 0 Å². The first kappa shape index (κ1) is 17.5. The van der Waals surface area contributed by atoms with E-state index in [4.69, 9.17) is 0 Å². The van der Waals surface area contributed by atoms with Gasteiger partial charge in [-0.25, -0.2) is 18.7 Å². The zero-order valence-corrected chi connectivity index (χ0v) is 14.2. The van der Waals surface area contributed by atoms with Gasteiger partial charge in [-0.1, -0.05) is 17.7 Å². The number of hydrogen-bond acceptors (Lipinski definition) is 4. The first-order chi connectivity index (χ1) is 12.5. The molecule has 7 heteroatoms. The van der Waals surface area contributed by atoms with Crippen LogP contribution in [-0.2, 0) is 0 Å². The average molecular weight is 356 g/mol. The molecule has 0 unspecified atom stereocenters. The molecule has 0 bridgehead atoms. The minimum absolute atomic E-state index is 0. The highest BCUT2D eigenvalue weighted by Gasteiger charge is 2.17. The summed E-state index contributed by atoms with van der Waals surface area (Å²) in [7, 11) is 1.60. The zero-order valence-electron chi connectivity index (χ0n) is 14.2. The van der Waals surface area contributed by atoms with Crippen LogP contribution in [-0.4, -0.2) is 22.9 Å². The van der Waals surface area contributed by atoms with E-state index in [9.17, 15) is 13.6 Å². The summed E-state index contributed by atoms with van der Waals surface area (Å²) in [5, 5.41) is 2.49. The maximum Gasteiger partial charge on any atom is 0.255 e. The Bertz CT molecular complexity index is 954. The summed E-state index contributed by atoms with van der Waals surface area (Å²) in [6.45, 7) is 1.85. The van der Waals surface area contributed by atoms with E-state index in [-0.39, 0.29) is 12.8 Å². The van der Waals surface area contributed by atoms with Gasteiger partial charge in [0.2, 0.25) is 0 Å². The molecule has 0 radical (unpaired) electrons. The van der Waals surface area contributed by atoms with Crippen molar-refractivity contribution in [3.63, 3.8) is 0 Å². The van der Waals surface area contributed by atoms with Crippen molar-refractivity contribution in [1.29, 1.82) is 0 Å². The number of benzene rings is 2. The zero-order chi connectivity index (χ0) is 18.7. The molecule has 1 amide bonds. The van der Waals surface area contributed by atoms with Crippen molar-refractivity contribution >= 4 is 23.0 Å². The first-order valence-electron chi connectivity index (χ1n) is 7.81. The monoisotopic (exact) mass is 356 g/mol. The average Bonchev–Trinajstić information content (AvgIpc) is 2.64. The molecule has 0 aliphatic carbocycles. The molecule has 134 valence electrons. The summed E-state index contributed by atoms with van der Waals surface area (Å²) in [4.78, 5) is 21.6. The van der Waals surface area contributed by atoms with E-state index in [1.54, 1.807) is 25.2 Å². The van der Waals surface area contributed by atoms with E-state index in [0.717, 1.165) is 11.6 Å². The molecule has 3 aromatic rings. The number of hydrogen-bond donors (Lipinski definition) is 1. The van der Waals surface area contributed by atoms with E-state index in [2.05, 4.69) is 15.3 Å². The van der Waals surface area contributed by atoms with Crippen LogP contribution in [0.4, 0.5) is 25.8 Å². The lowest BCUT2D eigenvalue weighted by Gasteiger charge is -2.20. The van der Waals surface area contributed by atoms with E-state index in [0.29, 0.717) is 11.3 Å². The maximum absolute atomic E-state index is 14.2. The van der Waals surface area contributed by atoms with Crippen LogP contribution < -0.4 is 10.2 Å². The molecule has 1 heterocycles. The molecule has 0 saturated heterocycles. The molecular weight excluding hydrogens is 338 g/mol. The molecule has 0 spiro atoms. The molecule has 0 saturated carbocycles. The Hall–Kier alpha value is -3.35. The minimum atomic E-state index is -0.857. The molecule has 0 aliphatic heterocycles. The van der Waals surface area contributed by atoms with E-state index in [1.165, 1.54) is 29.7 Å². The first-order valence-corrected chi connectivity index (χ1v) is 7.81. The molecule has 0 atom stereocenters. The molecule has 0 fully saturated rings. The van der Waals surface area contributed by atoms with Gasteiger partial charge in [0.1, 0.15) is 18.0 Å². The van der Waals surface area contributed by atoms with Gasteiger partial charge >= 0.3 is 0 Å². The molecule has 3 rings (SSSR count). The number of halogens is 2. The molecule has 1 N–H and O–H groups in total. The Morgan fingerprint density at radius 2 is 1.85 bits per heavy atom. The fraction of sp³-hybridized carbons (Fsp3) is 0.105. The van der Waals surface area contributed by atoms with Gasteiger partial charge in [0, 0.05) is 20.1 Å². The number of aromatic nitrogens is 2. The molecule has 5 nitrogen and oxygen atoms in total. The maximum atomic E-state index is 14.2. The standard InChI is InChI=1S/C19H16F2N4O.H2/c1-12-4-3-5-13(6-12)19(26)24-17-8-18(16(21)7-15(17)20)25(2)14-9-22-11-23-10-14;/h3-11H,1-2H3,(H,24,26);1H. The van der Waals surface area contributed by atoms with Crippen LogP contribution in [0, 0.1) is 18.6 Å². The second-order valence-electron chi connectivity index (χ2n) is 5.76. The molecule has 26 heavy (non-hydrogen) atoms. The Kier molecular flexibility index (Phi) is 4.88. The second-order valence-corrected chi connectivity index (χ2v) is 5.76. The van der Waals surface area contributed by atoms with Crippen molar-refractivity contribution in [3.8, 4) is 0 Å². The quantitative estimate of drug-likeness (QED) is 0.756. The molecule has 1 aromatic heterocycles. The lowest BCUT2D eigenvalue weighted by atomic mass is 10.1. The minimum Gasteiger partial charge on any atom is -0.340 e. The largest absolute Gasteiger partial charge is 0.340 e. The predicted octanol–water partition coefficient (Wildman–Crippen LogP) is 4.33. The molecule has 2 aromatic carbocycles. The predicted molar refractivity (Wildman–Crippen MR) is 97.7 cm³/mol. The van der Waals surface area contributed by atoms with Crippen LogP contribution in [0.2, 0.25) is 0 Å². The number of carbonyl (C=O) groups excluding carboxylic acids is 1. The van der Waals surface area contributed by atoms with Gasteiger partial charge in [0.05, 0.1) is 29.5 Å². The number of aryl methyl sites for hydroxylation is 1. The Labute approximate surface area is 150 Å². The summed E-state index contributed by atoms with van der Waals surface area (Å²) in [5.74, 6) is -2.09. The summed E-state index contributed by atoms with van der Waals surface area (Å²) in [5.41, 5.74) is 1.79. The van der Waals surface area contributed by atoms with Crippen LogP contribution in [0.15, 0.2) is 55.1 Å². The highest BCUT2D eigenvalue weighted by Crippen LogP contribution is 2.30. The van der Waals surface area contributed by atoms with Crippen LogP contribution in [0.1, 0.15) is 17.3 Å². The van der Waals surface area contributed by atoms with Crippen LogP contribution in [0.5, 0.6) is 0 Å². The number of carbonyl (C=O) groups is 1. The number of nitrogens with zero attached hydrogens (tertiary/aromatic N) is 3. The molecular formula is C19H18F2N4O. The fourth-order valence-electron chi connectivity index (χ4n) is 2.47. The van der Waals surface area contributed by atoms with Crippen molar-refractivity contribution in [1.82, 2.24) is 9.97 Å². The lowest BCUT2D eigenvalue weighted by molar-refractivity contribution is 0.102. The third kappa shape index (κ3) is 3.66. The normalized spacial score (nSPS) is 10.5. The fourth-order valence-corrected chi connectivity index (χ4v) is 2.47. The SMILES string of the molecule is Cc1cccc(C(=O)Nc2cc(N(C)c3cncnc3)c(F)cc2F)c1.[HH]. The molecule has 0 aliphatic rings. The summed E-state index contributed by atoms with van der Waals surface area (Å²) in [6.07, 6.45) is 4.35. The van der Waals surface area contributed by atoms with Crippen molar-refractivity contribution in [3.05, 3.63) is 77.9 Å². The Morgan fingerprint density at radius 3 is 2.54 bits per heavy atom.